The van der Waals surface area contributed by atoms with E-state index >= 15 is 0 Å². The van der Waals surface area contributed by atoms with Gasteiger partial charge in [-0.2, -0.15) is 0 Å². The number of nitrogens with one attached hydrogen (secondary N) is 1. The van der Waals surface area contributed by atoms with Crippen molar-refractivity contribution in [3.8, 4) is 5.75 Å². The van der Waals surface area contributed by atoms with Gasteiger partial charge in [-0.15, -0.1) is 0 Å². The molecule has 0 radical (unpaired) electrons. The number of urea groups is 1. The van der Waals surface area contributed by atoms with Gasteiger partial charge in [0, 0.05) is 19.6 Å². The fourth-order valence-corrected chi connectivity index (χ4v) is 3.25. The van der Waals surface area contributed by atoms with Crippen molar-refractivity contribution in [1.82, 2.24) is 4.90 Å². The molecule has 33 heavy (non-hydrogen) atoms. The molecule has 0 aliphatic heterocycles. The third kappa shape index (κ3) is 9.10. The van der Waals surface area contributed by atoms with Gasteiger partial charge in [0.2, 0.25) is 0 Å². The third-order valence-electron chi connectivity index (χ3n) is 5.05. The van der Waals surface area contributed by atoms with Crippen molar-refractivity contribution in [2.75, 3.05) is 31.6 Å². The molecule has 2 aromatic rings. The van der Waals surface area contributed by atoms with Gasteiger partial charge in [-0.25, -0.2) is 14.0 Å². The zero-order valence-corrected chi connectivity index (χ0v) is 19.3. The molecule has 0 bridgehead atoms. The molecule has 2 N–H and O–H groups in total. The van der Waals surface area contributed by atoms with Crippen LogP contribution in [0.5, 0.6) is 5.75 Å². The van der Waals surface area contributed by atoms with E-state index in [1.165, 1.54) is 12.1 Å². The van der Waals surface area contributed by atoms with E-state index in [-0.39, 0.29) is 24.7 Å². The lowest BCUT2D eigenvalue weighted by molar-refractivity contribution is -0.149. The number of carboxylic acid groups (broad SMARTS) is 1. The Labute approximate surface area is 194 Å². The third-order valence-corrected chi connectivity index (χ3v) is 5.05. The van der Waals surface area contributed by atoms with E-state index < -0.39 is 17.9 Å². The first-order valence-corrected chi connectivity index (χ1v) is 11.3. The van der Waals surface area contributed by atoms with Gasteiger partial charge in [0.05, 0.1) is 12.2 Å². The molecule has 0 fully saturated rings. The van der Waals surface area contributed by atoms with Crippen LogP contribution in [-0.2, 0) is 16.0 Å². The van der Waals surface area contributed by atoms with Crippen LogP contribution < -0.4 is 10.1 Å². The number of ether oxygens (including phenoxy) is 2. The van der Waals surface area contributed by atoms with Gasteiger partial charge in [-0.3, -0.25) is 0 Å². The first kappa shape index (κ1) is 26.1. The number of nitrogens with zero attached hydrogens (tertiary/aromatic N) is 1. The van der Waals surface area contributed by atoms with Crippen LogP contribution in [0.2, 0.25) is 0 Å². The average Bonchev–Trinajstić information content (AvgIpc) is 2.80. The van der Waals surface area contributed by atoms with Gasteiger partial charge in [0.25, 0.3) is 0 Å². The molecule has 2 rings (SSSR count). The van der Waals surface area contributed by atoms with E-state index in [0.717, 1.165) is 24.8 Å². The number of carboxylic acids is 1. The molecule has 0 saturated heterocycles. The normalized spacial score (nSPS) is 11.6. The second kappa shape index (κ2) is 14.1. The van der Waals surface area contributed by atoms with Gasteiger partial charge in [0.1, 0.15) is 18.2 Å². The summed E-state index contributed by atoms with van der Waals surface area (Å²) in [5.41, 5.74) is 0.972. The largest absolute Gasteiger partial charge is 0.492 e. The number of hydrogen-bond acceptors (Lipinski definition) is 4. The van der Waals surface area contributed by atoms with Crippen LogP contribution in [0.3, 0.4) is 0 Å². The minimum Gasteiger partial charge on any atom is -0.492 e. The number of carbonyl (C=O) groups excluding carboxylic acids is 1. The van der Waals surface area contributed by atoms with E-state index in [9.17, 15) is 19.1 Å². The van der Waals surface area contributed by atoms with Crippen LogP contribution in [0.1, 0.15) is 38.7 Å². The van der Waals surface area contributed by atoms with Crippen LogP contribution in [0.25, 0.3) is 0 Å². The number of halogens is 1. The molecule has 1 atom stereocenters. The Bertz CT molecular complexity index is 875. The number of aliphatic carboxylic acids is 1. The highest BCUT2D eigenvalue weighted by Crippen LogP contribution is 2.16. The Hall–Kier alpha value is -3.13. The van der Waals surface area contributed by atoms with Crippen molar-refractivity contribution in [2.45, 2.75) is 45.6 Å². The molecule has 0 aromatic heterocycles. The fourth-order valence-electron chi connectivity index (χ4n) is 3.25. The molecule has 0 saturated carbocycles. The van der Waals surface area contributed by atoms with Gasteiger partial charge in [-0.05, 0) is 43.2 Å². The summed E-state index contributed by atoms with van der Waals surface area (Å²) in [5, 5.41) is 11.8. The predicted molar refractivity (Wildman–Crippen MR) is 125 cm³/mol. The molecule has 180 valence electrons. The van der Waals surface area contributed by atoms with Crippen LogP contribution in [-0.4, -0.2) is 54.4 Å². The topological polar surface area (TPSA) is 88.1 Å². The van der Waals surface area contributed by atoms with Gasteiger partial charge < -0.3 is 24.8 Å². The lowest BCUT2D eigenvalue weighted by Crippen LogP contribution is -2.38. The first-order valence-electron chi connectivity index (χ1n) is 11.3. The molecular weight excluding hydrogens is 427 g/mol. The summed E-state index contributed by atoms with van der Waals surface area (Å²) >= 11 is 0. The van der Waals surface area contributed by atoms with Crippen molar-refractivity contribution >= 4 is 17.7 Å². The second-order valence-electron chi connectivity index (χ2n) is 7.58. The van der Waals surface area contributed by atoms with Gasteiger partial charge >= 0.3 is 12.0 Å². The van der Waals surface area contributed by atoms with E-state index in [2.05, 4.69) is 12.2 Å². The molecular formula is C25H33FN2O5. The van der Waals surface area contributed by atoms with Crippen molar-refractivity contribution < 1.29 is 28.6 Å². The summed E-state index contributed by atoms with van der Waals surface area (Å²) in [6, 6.07) is 12.8. The fraction of sp³-hybridized carbons (Fsp3) is 0.440. The second-order valence-corrected chi connectivity index (χ2v) is 7.58. The minimum atomic E-state index is -0.992. The van der Waals surface area contributed by atoms with Crippen molar-refractivity contribution in [1.29, 1.82) is 0 Å². The molecule has 0 aliphatic carbocycles. The summed E-state index contributed by atoms with van der Waals surface area (Å²) in [6.45, 7) is 5.34. The standard InChI is InChI=1S/C25H33FN2O5/c1-3-5-8-15-28(25(31)27-22-10-7-6-9-21(22)26)16-17-33-20-13-11-19(12-14-20)18-23(24(29)30)32-4-2/h6-7,9-14,23H,3-5,8,15-18H2,1-2H3,(H,27,31)(H,29,30). The average molecular weight is 461 g/mol. The Balaban J connectivity index is 1.90. The van der Waals surface area contributed by atoms with E-state index in [0.29, 0.717) is 25.4 Å². The number of para-hydroxylation sites is 1. The summed E-state index contributed by atoms with van der Waals surface area (Å²) in [6.07, 6.45) is 2.25. The first-order chi connectivity index (χ1) is 15.9. The van der Waals surface area contributed by atoms with Crippen LogP contribution >= 0.6 is 0 Å². The number of hydrogen-bond donors (Lipinski definition) is 2. The number of rotatable bonds is 14. The smallest absolute Gasteiger partial charge is 0.333 e. The maximum absolute atomic E-state index is 13.9. The molecule has 7 nitrogen and oxygen atoms in total. The maximum atomic E-state index is 13.9. The molecule has 0 spiro atoms. The Morgan fingerprint density at radius 1 is 1.06 bits per heavy atom. The molecule has 1 unspecified atom stereocenters. The summed E-state index contributed by atoms with van der Waals surface area (Å²) in [7, 11) is 0. The summed E-state index contributed by atoms with van der Waals surface area (Å²) in [5.74, 6) is -0.857. The lowest BCUT2D eigenvalue weighted by Gasteiger charge is -2.23. The Kier molecular flexibility index (Phi) is 11.2. The van der Waals surface area contributed by atoms with E-state index in [4.69, 9.17) is 9.47 Å². The molecule has 2 aromatic carbocycles. The van der Waals surface area contributed by atoms with Crippen LogP contribution in [0.15, 0.2) is 48.5 Å². The highest BCUT2D eigenvalue weighted by molar-refractivity contribution is 5.89. The SMILES string of the molecule is CCCCCN(CCOc1ccc(CC(OCC)C(=O)O)cc1)C(=O)Nc1ccccc1F. The van der Waals surface area contributed by atoms with Crippen molar-refractivity contribution in [3.63, 3.8) is 0 Å². The number of amides is 2. The van der Waals surface area contributed by atoms with E-state index in [1.54, 1.807) is 48.2 Å². The van der Waals surface area contributed by atoms with Gasteiger partial charge in [-0.1, -0.05) is 44.0 Å². The minimum absolute atomic E-state index is 0.145. The van der Waals surface area contributed by atoms with Crippen LogP contribution in [0.4, 0.5) is 14.9 Å². The van der Waals surface area contributed by atoms with E-state index in [1.807, 2.05) is 0 Å². The quantitative estimate of drug-likeness (QED) is 0.389. The number of unbranched alkanes of at least 4 members (excludes halogenated alkanes) is 2. The highest BCUT2D eigenvalue weighted by Gasteiger charge is 2.18. The molecule has 2 amide bonds. The highest BCUT2D eigenvalue weighted by atomic mass is 19.1. The number of anilines is 1. The van der Waals surface area contributed by atoms with Crippen molar-refractivity contribution in [2.24, 2.45) is 0 Å². The zero-order chi connectivity index (χ0) is 24.1. The van der Waals surface area contributed by atoms with Gasteiger partial charge in [0.15, 0.2) is 6.10 Å². The summed E-state index contributed by atoms with van der Waals surface area (Å²) < 4.78 is 24.9. The Morgan fingerprint density at radius 3 is 2.42 bits per heavy atom. The molecule has 0 aliphatic rings. The maximum Gasteiger partial charge on any atom is 0.333 e. The predicted octanol–water partition coefficient (Wildman–Crippen LogP) is 4.96. The number of carbonyl (C=O) groups is 2. The van der Waals surface area contributed by atoms with Crippen LogP contribution in [0, 0.1) is 5.82 Å². The summed E-state index contributed by atoms with van der Waals surface area (Å²) in [4.78, 5) is 25.6. The van der Waals surface area contributed by atoms with Crippen molar-refractivity contribution in [3.05, 3.63) is 59.9 Å². The molecule has 8 heteroatoms. The lowest BCUT2D eigenvalue weighted by atomic mass is 10.1. The molecule has 0 heterocycles. The number of benzene rings is 2. The zero-order valence-electron chi connectivity index (χ0n) is 19.3. The monoisotopic (exact) mass is 460 g/mol. The Morgan fingerprint density at radius 2 is 1.79 bits per heavy atom.